The minimum atomic E-state index is 0.101. The number of aryl methyl sites for hydroxylation is 2. The molecule has 112 valence electrons. The summed E-state index contributed by atoms with van der Waals surface area (Å²) in [5.41, 5.74) is 7.82. The highest BCUT2D eigenvalue weighted by molar-refractivity contribution is 5.92. The molecule has 0 radical (unpaired) electrons. The van der Waals surface area contributed by atoms with Crippen molar-refractivity contribution in [2.24, 2.45) is 11.7 Å². The van der Waals surface area contributed by atoms with Crippen LogP contribution in [0.5, 0.6) is 0 Å². The summed E-state index contributed by atoms with van der Waals surface area (Å²) in [4.78, 5) is 14.6. The minimum Gasteiger partial charge on any atom is -0.337 e. The third kappa shape index (κ3) is 2.87. The van der Waals surface area contributed by atoms with Gasteiger partial charge in [-0.15, -0.1) is 0 Å². The molecular formula is C15H26N4O. The summed E-state index contributed by atoms with van der Waals surface area (Å²) in [6.45, 7) is 8.48. The summed E-state index contributed by atoms with van der Waals surface area (Å²) in [6.07, 6.45) is 2.78. The molecule has 1 aromatic rings. The minimum absolute atomic E-state index is 0.101. The molecule has 2 atom stereocenters. The molecule has 2 N–H and O–H groups in total. The number of hydrogen-bond donors (Lipinski definition) is 1. The molecule has 0 aliphatic carbocycles. The smallest absolute Gasteiger partial charge is 0.272 e. The van der Waals surface area contributed by atoms with Crippen LogP contribution in [0, 0.1) is 5.92 Å². The average Bonchev–Trinajstić information content (AvgIpc) is 2.90. The molecule has 1 aromatic heterocycles. The monoisotopic (exact) mass is 278 g/mol. The fraction of sp³-hybridized carbons (Fsp3) is 0.733. The number of rotatable bonds is 4. The molecule has 1 amide bonds. The van der Waals surface area contributed by atoms with Gasteiger partial charge in [-0.3, -0.25) is 9.48 Å². The summed E-state index contributed by atoms with van der Waals surface area (Å²) >= 11 is 0. The van der Waals surface area contributed by atoms with Gasteiger partial charge in [-0.1, -0.05) is 20.3 Å². The summed E-state index contributed by atoms with van der Waals surface area (Å²) in [6, 6.07) is 2.16. The van der Waals surface area contributed by atoms with Crippen LogP contribution in [0.3, 0.4) is 0 Å². The highest BCUT2D eigenvalue weighted by Gasteiger charge is 2.30. The number of carbonyl (C=O) groups excluding carboxylic acids is 1. The second-order valence-corrected chi connectivity index (χ2v) is 5.56. The van der Waals surface area contributed by atoms with E-state index in [1.807, 2.05) is 22.6 Å². The quantitative estimate of drug-likeness (QED) is 0.911. The van der Waals surface area contributed by atoms with Gasteiger partial charge >= 0.3 is 0 Å². The number of piperidine rings is 1. The van der Waals surface area contributed by atoms with Crippen molar-refractivity contribution < 1.29 is 4.79 Å². The summed E-state index contributed by atoms with van der Waals surface area (Å²) < 4.78 is 1.82. The van der Waals surface area contributed by atoms with Gasteiger partial charge in [0.1, 0.15) is 5.69 Å². The molecule has 1 fully saturated rings. The van der Waals surface area contributed by atoms with Crippen LogP contribution in [-0.2, 0) is 13.0 Å². The zero-order valence-corrected chi connectivity index (χ0v) is 12.8. The second kappa shape index (κ2) is 6.39. The predicted octanol–water partition coefficient (Wildman–Crippen LogP) is 1.66. The van der Waals surface area contributed by atoms with Gasteiger partial charge in [0.25, 0.3) is 5.91 Å². The number of carbonyl (C=O) groups is 1. The van der Waals surface area contributed by atoms with Crippen molar-refractivity contribution in [1.82, 2.24) is 14.7 Å². The Morgan fingerprint density at radius 3 is 2.80 bits per heavy atom. The largest absolute Gasteiger partial charge is 0.337 e. The normalized spacial score (nSPS) is 23.1. The number of hydrogen-bond acceptors (Lipinski definition) is 3. The van der Waals surface area contributed by atoms with Crippen LogP contribution in [-0.4, -0.2) is 39.7 Å². The van der Waals surface area contributed by atoms with Crippen LogP contribution < -0.4 is 5.73 Å². The number of nitrogens with two attached hydrogens (primary N) is 1. The van der Waals surface area contributed by atoms with Gasteiger partial charge in [-0.2, -0.15) is 5.10 Å². The van der Waals surface area contributed by atoms with Gasteiger partial charge < -0.3 is 10.6 Å². The van der Waals surface area contributed by atoms with Gasteiger partial charge in [0, 0.05) is 25.7 Å². The van der Waals surface area contributed by atoms with Crippen LogP contribution in [0.1, 0.15) is 49.8 Å². The maximum atomic E-state index is 12.7. The van der Waals surface area contributed by atoms with Gasteiger partial charge in [0.2, 0.25) is 0 Å². The fourth-order valence-electron chi connectivity index (χ4n) is 2.88. The molecule has 0 saturated carbocycles. The third-order valence-electron chi connectivity index (χ3n) is 4.32. The van der Waals surface area contributed by atoms with E-state index in [1.165, 1.54) is 0 Å². The van der Waals surface area contributed by atoms with Crippen LogP contribution in [0.15, 0.2) is 6.07 Å². The summed E-state index contributed by atoms with van der Waals surface area (Å²) in [5, 5.41) is 4.46. The van der Waals surface area contributed by atoms with Crippen molar-refractivity contribution in [2.45, 2.75) is 52.6 Å². The molecule has 0 aromatic carbocycles. The molecule has 1 aliphatic heterocycles. The Labute approximate surface area is 121 Å². The first kappa shape index (κ1) is 15.0. The first-order chi connectivity index (χ1) is 9.60. The van der Waals surface area contributed by atoms with E-state index in [2.05, 4.69) is 18.9 Å². The van der Waals surface area contributed by atoms with E-state index in [0.717, 1.165) is 50.3 Å². The molecular weight excluding hydrogens is 252 g/mol. The Kier molecular flexibility index (Phi) is 4.81. The van der Waals surface area contributed by atoms with Crippen LogP contribution in [0.25, 0.3) is 0 Å². The Hall–Kier alpha value is -1.36. The van der Waals surface area contributed by atoms with E-state index < -0.39 is 0 Å². The molecule has 0 spiro atoms. The van der Waals surface area contributed by atoms with E-state index in [1.54, 1.807) is 0 Å². The van der Waals surface area contributed by atoms with Gasteiger partial charge in [-0.25, -0.2) is 0 Å². The van der Waals surface area contributed by atoms with Crippen molar-refractivity contribution in [3.8, 4) is 0 Å². The first-order valence-electron chi connectivity index (χ1n) is 7.72. The Bertz CT molecular complexity index is 468. The molecule has 2 unspecified atom stereocenters. The van der Waals surface area contributed by atoms with Gasteiger partial charge in [-0.05, 0) is 31.7 Å². The predicted molar refractivity (Wildman–Crippen MR) is 79.6 cm³/mol. The lowest BCUT2D eigenvalue weighted by molar-refractivity contribution is 0.0636. The van der Waals surface area contributed by atoms with E-state index in [9.17, 15) is 4.79 Å². The van der Waals surface area contributed by atoms with E-state index in [-0.39, 0.29) is 11.9 Å². The van der Waals surface area contributed by atoms with Crippen molar-refractivity contribution in [2.75, 3.05) is 13.1 Å². The lowest BCUT2D eigenvalue weighted by Crippen LogP contribution is -2.49. The van der Waals surface area contributed by atoms with Crippen molar-refractivity contribution >= 4 is 5.91 Å². The van der Waals surface area contributed by atoms with Gasteiger partial charge in [0.15, 0.2) is 0 Å². The lowest BCUT2D eigenvalue weighted by atomic mass is 9.90. The Balaban J connectivity index is 2.16. The molecule has 5 heteroatoms. The zero-order valence-electron chi connectivity index (χ0n) is 12.8. The number of nitrogens with zero attached hydrogens (tertiary/aromatic N) is 3. The highest BCUT2D eigenvalue weighted by Crippen LogP contribution is 2.20. The molecule has 2 heterocycles. The molecule has 1 saturated heterocycles. The van der Waals surface area contributed by atoms with Crippen molar-refractivity contribution in [3.63, 3.8) is 0 Å². The van der Waals surface area contributed by atoms with Gasteiger partial charge in [0.05, 0.1) is 5.69 Å². The number of aromatic nitrogens is 2. The Morgan fingerprint density at radius 2 is 2.20 bits per heavy atom. The molecule has 2 rings (SSSR count). The van der Waals surface area contributed by atoms with Crippen LogP contribution in [0.2, 0.25) is 0 Å². The van der Waals surface area contributed by atoms with Crippen LogP contribution in [0.4, 0.5) is 0 Å². The SMILES string of the molecule is CCc1cc(C(=O)N2CCC(N)C(CC)C2)n(CC)n1. The number of likely N-dealkylation sites (tertiary alicyclic amines) is 1. The second-order valence-electron chi connectivity index (χ2n) is 5.56. The fourth-order valence-corrected chi connectivity index (χ4v) is 2.88. The molecule has 20 heavy (non-hydrogen) atoms. The average molecular weight is 278 g/mol. The first-order valence-corrected chi connectivity index (χ1v) is 7.72. The third-order valence-corrected chi connectivity index (χ3v) is 4.32. The topological polar surface area (TPSA) is 64.2 Å². The summed E-state index contributed by atoms with van der Waals surface area (Å²) in [5.74, 6) is 0.515. The zero-order chi connectivity index (χ0) is 14.7. The molecule has 0 bridgehead atoms. The van der Waals surface area contributed by atoms with E-state index >= 15 is 0 Å². The molecule has 5 nitrogen and oxygen atoms in total. The van der Waals surface area contributed by atoms with Crippen molar-refractivity contribution in [3.05, 3.63) is 17.5 Å². The Morgan fingerprint density at radius 1 is 1.45 bits per heavy atom. The summed E-state index contributed by atoms with van der Waals surface area (Å²) in [7, 11) is 0. The van der Waals surface area contributed by atoms with E-state index in [4.69, 9.17) is 5.73 Å². The highest BCUT2D eigenvalue weighted by atomic mass is 16.2. The van der Waals surface area contributed by atoms with Crippen molar-refractivity contribution in [1.29, 1.82) is 0 Å². The maximum Gasteiger partial charge on any atom is 0.272 e. The maximum absolute atomic E-state index is 12.7. The number of amides is 1. The van der Waals surface area contributed by atoms with Crippen LogP contribution >= 0.6 is 0 Å². The lowest BCUT2D eigenvalue weighted by Gasteiger charge is -2.36. The van der Waals surface area contributed by atoms with E-state index in [0.29, 0.717) is 5.92 Å². The molecule has 1 aliphatic rings. The standard InChI is InChI=1S/C15H26N4O/c1-4-11-10-18(8-7-13(11)16)15(20)14-9-12(5-2)17-19(14)6-3/h9,11,13H,4-8,10,16H2,1-3H3.